The number of aryl methyl sites for hydroxylation is 1. The molecule has 2 atom stereocenters. The smallest absolute Gasteiger partial charge is 0.227 e. The van der Waals surface area contributed by atoms with Crippen molar-refractivity contribution in [2.45, 2.75) is 19.1 Å². The van der Waals surface area contributed by atoms with Gasteiger partial charge in [0, 0.05) is 14.2 Å². The van der Waals surface area contributed by atoms with Gasteiger partial charge in [-0.2, -0.15) is 15.1 Å². The Balaban J connectivity index is 1.86. The first-order chi connectivity index (χ1) is 11.5. The maximum atomic E-state index is 13.1. The minimum Gasteiger partial charge on any atom is -0.383 e. The van der Waals surface area contributed by atoms with Crippen LogP contribution in [0.15, 0.2) is 30.5 Å². The largest absolute Gasteiger partial charge is 0.383 e. The van der Waals surface area contributed by atoms with Crippen molar-refractivity contribution in [2.75, 3.05) is 18.2 Å². The number of nitrogens with one attached hydrogen (secondary N) is 1. The Bertz CT molecular complexity index is 848. The van der Waals surface area contributed by atoms with Crippen molar-refractivity contribution in [2.24, 2.45) is 7.05 Å². The summed E-state index contributed by atoms with van der Waals surface area (Å²) in [6.45, 7) is 1.94. The van der Waals surface area contributed by atoms with Gasteiger partial charge in [0.2, 0.25) is 5.95 Å². The molecular formula is C16H19FN6O. The Morgan fingerprint density at radius 1 is 1.25 bits per heavy atom. The number of benzene rings is 1. The molecule has 0 aliphatic rings. The van der Waals surface area contributed by atoms with E-state index in [1.807, 2.05) is 6.92 Å². The summed E-state index contributed by atoms with van der Waals surface area (Å²) in [4.78, 5) is 8.71. The highest BCUT2D eigenvalue weighted by molar-refractivity contribution is 5.86. The molecule has 0 bridgehead atoms. The zero-order valence-corrected chi connectivity index (χ0v) is 13.7. The fraction of sp³-hybridized carbons (Fsp3) is 0.312. The third kappa shape index (κ3) is 3.00. The lowest BCUT2D eigenvalue weighted by Gasteiger charge is -2.24. The summed E-state index contributed by atoms with van der Waals surface area (Å²) in [6, 6.07) is 6.04. The third-order valence-electron chi connectivity index (χ3n) is 3.88. The molecule has 0 aliphatic carbocycles. The average molecular weight is 330 g/mol. The van der Waals surface area contributed by atoms with E-state index in [4.69, 9.17) is 10.5 Å². The third-order valence-corrected chi connectivity index (χ3v) is 3.88. The molecule has 2 aromatic heterocycles. The molecule has 0 amide bonds. The number of ether oxygens (including phenoxy) is 1. The summed E-state index contributed by atoms with van der Waals surface area (Å²) in [6.07, 6.45) is 1.34. The van der Waals surface area contributed by atoms with Crippen molar-refractivity contribution in [3.8, 4) is 0 Å². The molecule has 24 heavy (non-hydrogen) atoms. The van der Waals surface area contributed by atoms with Crippen LogP contribution in [0.1, 0.15) is 18.6 Å². The maximum Gasteiger partial charge on any atom is 0.227 e. The zero-order chi connectivity index (χ0) is 17.3. The van der Waals surface area contributed by atoms with E-state index in [0.717, 1.165) is 5.56 Å². The van der Waals surface area contributed by atoms with Crippen LogP contribution in [0.4, 0.5) is 16.2 Å². The first-order valence-corrected chi connectivity index (χ1v) is 7.49. The lowest BCUT2D eigenvalue weighted by molar-refractivity contribution is 0.0905. The summed E-state index contributed by atoms with van der Waals surface area (Å²) in [5.41, 5.74) is 7.47. The van der Waals surface area contributed by atoms with Crippen LogP contribution in [0.5, 0.6) is 0 Å². The summed E-state index contributed by atoms with van der Waals surface area (Å²) in [7, 11) is 3.39. The molecule has 0 spiro atoms. The van der Waals surface area contributed by atoms with Gasteiger partial charge in [0.1, 0.15) is 17.7 Å². The number of fused-ring (bicyclic) bond motifs is 1. The van der Waals surface area contributed by atoms with Crippen LogP contribution < -0.4 is 11.1 Å². The fourth-order valence-corrected chi connectivity index (χ4v) is 2.67. The number of halogens is 1. The monoisotopic (exact) mass is 330 g/mol. The molecule has 1 aromatic carbocycles. The van der Waals surface area contributed by atoms with E-state index in [0.29, 0.717) is 22.8 Å². The van der Waals surface area contributed by atoms with Gasteiger partial charge < -0.3 is 15.8 Å². The van der Waals surface area contributed by atoms with E-state index < -0.39 is 0 Å². The quantitative estimate of drug-likeness (QED) is 0.746. The molecule has 8 heteroatoms. The average Bonchev–Trinajstić information content (AvgIpc) is 2.92. The van der Waals surface area contributed by atoms with Gasteiger partial charge in [0.15, 0.2) is 5.65 Å². The lowest BCUT2D eigenvalue weighted by atomic mass is 10.0. The SMILES string of the molecule is CO[C@H](c1ccc(F)cc1)[C@H](C)Nc1nc(N)c2cnn(C)c2n1. The number of nitrogen functional groups attached to an aromatic ring is 1. The van der Waals surface area contributed by atoms with Gasteiger partial charge in [-0.15, -0.1) is 0 Å². The molecule has 0 fully saturated rings. The van der Waals surface area contributed by atoms with Crippen molar-refractivity contribution >= 4 is 22.8 Å². The van der Waals surface area contributed by atoms with Crippen molar-refractivity contribution in [1.29, 1.82) is 0 Å². The number of hydrogen-bond acceptors (Lipinski definition) is 6. The highest BCUT2D eigenvalue weighted by atomic mass is 19.1. The van der Waals surface area contributed by atoms with Gasteiger partial charge in [0.05, 0.1) is 17.6 Å². The van der Waals surface area contributed by atoms with Gasteiger partial charge in [-0.25, -0.2) is 4.39 Å². The predicted octanol–water partition coefficient (Wildman–Crippen LogP) is 2.27. The minimum atomic E-state index is -0.294. The van der Waals surface area contributed by atoms with E-state index in [2.05, 4.69) is 20.4 Å². The van der Waals surface area contributed by atoms with Crippen LogP contribution in [0.25, 0.3) is 11.0 Å². The number of nitrogens with zero attached hydrogens (tertiary/aromatic N) is 4. The Hall–Kier alpha value is -2.74. The first-order valence-electron chi connectivity index (χ1n) is 7.49. The van der Waals surface area contributed by atoms with Crippen LogP contribution >= 0.6 is 0 Å². The van der Waals surface area contributed by atoms with Crippen molar-refractivity contribution in [3.05, 3.63) is 41.8 Å². The summed E-state index contributed by atoms with van der Waals surface area (Å²) >= 11 is 0. The Morgan fingerprint density at radius 3 is 2.62 bits per heavy atom. The maximum absolute atomic E-state index is 13.1. The molecule has 0 saturated carbocycles. The summed E-state index contributed by atoms with van der Waals surface area (Å²) in [5, 5.41) is 8.03. The van der Waals surface area contributed by atoms with Gasteiger partial charge in [-0.1, -0.05) is 12.1 Å². The van der Waals surface area contributed by atoms with Crippen LogP contribution in [0.2, 0.25) is 0 Å². The topological polar surface area (TPSA) is 90.9 Å². The minimum absolute atomic E-state index is 0.162. The number of rotatable bonds is 5. The highest BCUT2D eigenvalue weighted by Crippen LogP contribution is 2.24. The number of aromatic nitrogens is 4. The fourth-order valence-electron chi connectivity index (χ4n) is 2.67. The first kappa shape index (κ1) is 16.1. The van der Waals surface area contributed by atoms with Gasteiger partial charge in [0.25, 0.3) is 0 Å². The second-order valence-corrected chi connectivity index (χ2v) is 5.58. The zero-order valence-electron chi connectivity index (χ0n) is 13.7. The van der Waals surface area contributed by atoms with Crippen LogP contribution in [-0.4, -0.2) is 32.9 Å². The molecule has 0 aliphatic heterocycles. The normalized spacial score (nSPS) is 13.8. The number of methoxy groups -OCH3 is 1. The number of hydrogen-bond donors (Lipinski definition) is 2. The molecular weight excluding hydrogens is 311 g/mol. The number of anilines is 2. The molecule has 7 nitrogen and oxygen atoms in total. The number of nitrogens with two attached hydrogens (primary N) is 1. The predicted molar refractivity (Wildman–Crippen MR) is 90.0 cm³/mol. The lowest BCUT2D eigenvalue weighted by Crippen LogP contribution is -2.27. The molecule has 0 radical (unpaired) electrons. The Morgan fingerprint density at radius 2 is 1.96 bits per heavy atom. The molecule has 3 rings (SSSR count). The van der Waals surface area contributed by atoms with E-state index >= 15 is 0 Å². The van der Waals surface area contributed by atoms with Crippen molar-refractivity contribution < 1.29 is 9.13 Å². The van der Waals surface area contributed by atoms with Crippen molar-refractivity contribution in [1.82, 2.24) is 19.7 Å². The summed E-state index contributed by atoms with van der Waals surface area (Å²) < 4.78 is 20.3. The van der Waals surface area contributed by atoms with Crippen LogP contribution in [0.3, 0.4) is 0 Å². The highest BCUT2D eigenvalue weighted by Gasteiger charge is 2.20. The summed E-state index contributed by atoms with van der Waals surface area (Å²) in [5.74, 6) is 0.464. The van der Waals surface area contributed by atoms with Crippen LogP contribution in [-0.2, 0) is 11.8 Å². The second kappa shape index (κ2) is 6.40. The van der Waals surface area contributed by atoms with E-state index in [-0.39, 0.29) is 18.0 Å². The van der Waals surface area contributed by atoms with Crippen LogP contribution in [0, 0.1) is 5.82 Å². The molecule has 0 saturated heterocycles. The molecule has 3 aromatic rings. The van der Waals surface area contributed by atoms with Gasteiger partial charge in [-0.3, -0.25) is 4.68 Å². The Labute approximate surface area is 138 Å². The van der Waals surface area contributed by atoms with E-state index in [1.165, 1.54) is 12.1 Å². The Kier molecular flexibility index (Phi) is 4.30. The van der Waals surface area contributed by atoms with Crippen molar-refractivity contribution in [3.63, 3.8) is 0 Å². The van der Waals surface area contributed by atoms with E-state index in [1.54, 1.807) is 37.2 Å². The molecule has 126 valence electrons. The standard InChI is InChI=1S/C16H19FN6O/c1-9(13(24-3)10-4-6-11(17)7-5-10)20-16-21-14(18)12-8-19-23(2)15(12)22-16/h4-9,13H,1-3H3,(H3,18,20,21,22)/t9-,13-/m0/s1. The van der Waals surface area contributed by atoms with Gasteiger partial charge in [-0.05, 0) is 24.6 Å². The second-order valence-electron chi connectivity index (χ2n) is 5.58. The molecule has 2 heterocycles. The van der Waals surface area contributed by atoms with Gasteiger partial charge >= 0.3 is 0 Å². The molecule has 3 N–H and O–H groups in total. The van der Waals surface area contributed by atoms with E-state index in [9.17, 15) is 4.39 Å². The molecule has 0 unspecified atom stereocenters.